The van der Waals surface area contributed by atoms with Gasteiger partial charge in [-0.3, -0.25) is 4.98 Å². The number of hydrogen-bond acceptors (Lipinski definition) is 7. The van der Waals surface area contributed by atoms with Gasteiger partial charge in [-0.25, -0.2) is 9.59 Å². The molecule has 0 aromatic carbocycles. The minimum atomic E-state index is -1.26. The van der Waals surface area contributed by atoms with Crippen LogP contribution in [0.1, 0.15) is 12.1 Å². The van der Waals surface area contributed by atoms with Gasteiger partial charge in [0.05, 0.1) is 11.9 Å². The van der Waals surface area contributed by atoms with Gasteiger partial charge in [0.2, 0.25) is 6.79 Å². The Hall–Kier alpha value is -2.65. The van der Waals surface area contributed by atoms with E-state index in [1.165, 1.54) is 26.1 Å². The molecule has 4 heterocycles. The first-order valence-electron chi connectivity index (χ1n) is 8.35. The van der Waals surface area contributed by atoms with Crippen LogP contribution >= 0.6 is 0 Å². The summed E-state index contributed by atoms with van der Waals surface area (Å²) in [5, 5.41) is 19.2. The minimum absolute atomic E-state index is 0.313. The van der Waals surface area contributed by atoms with Crippen LogP contribution in [0.2, 0.25) is 0 Å². The first-order chi connectivity index (χ1) is 12.5. The summed E-state index contributed by atoms with van der Waals surface area (Å²) in [4.78, 5) is 26.0. The van der Waals surface area contributed by atoms with Gasteiger partial charge in [0.1, 0.15) is 0 Å². The summed E-state index contributed by atoms with van der Waals surface area (Å²) >= 11 is 0. The highest BCUT2D eigenvalue weighted by Crippen LogP contribution is 2.31. The standard InChI is InChI=1S/C13H17N3O2.C4H4O4/c1-2-16-6-9(1)11(7-16)15-4-10-3-12-13(5-14-10)18-8-17-12;5-3(6)1-2-4(7)8/h3,5,9,11,15H,1-2,4,6-8H2;1-2H,(H,5,6)(H,7,8)/b;2-1+/t9-,11-;/m0./s1. The molecule has 3 aliphatic heterocycles. The molecule has 26 heavy (non-hydrogen) atoms. The molecule has 0 saturated carbocycles. The Kier molecular flexibility index (Phi) is 5.69. The summed E-state index contributed by atoms with van der Waals surface area (Å²) in [6.07, 6.45) is 4.21. The van der Waals surface area contributed by atoms with Gasteiger partial charge in [-0.15, -0.1) is 0 Å². The van der Waals surface area contributed by atoms with E-state index in [2.05, 4.69) is 15.2 Å². The molecule has 1 aromatic rings. The third-order valence-corrected chi connectivity index (χ3v) is 4.56. The van der Waals surface area contributed by atoms with E-state index >= 15 is 0 Å². The Bertz CT molecular complexity index is 692. The second-order valence-electron chi connectivity index (χ2n) is 6.33. The van der Waals surface area contributed by atoms with E-state index in [0.29, 0.717) is 25.0 Å². The van der Waals surface area contributed by atoms with E-state index in [1.54, 1.807) is 6.20 Å². The first kappa shape index (κ1) is 18.2. The van der Waals surface area contributed by atoms with Crippen LogP contribution in [0.15, 0.2) is 24.4 Å². The van der Waals surface area contributed by atoms with Crippen LogP contribution in [-0.4, -0.2) is 64.5 Å². The maximum absolute atomic E-state index is 9.55. The van der Waals surface area contributed by atoms with E-state index in [9.17, 15) is 9.59 Å². The van der Waals surface area contributed by atoms with Crippen molar-refractivity contribution in [3.05, 3.63) is 30.1 Å². The van der Waals surface area contributed by atoms with Crippen molar-refractivity contribution in [2.45, 2.75) is 19.0 Å². The highest BCUT2D eigenvalue weighted by Gasteiger charge is 2.37. The number of rotatable bonds is 5. The molecule has 3 aliphatic rings. The van der Waals surface area contributed by atoms with Crippen molar-refractivity contribution in [1.82, 2.24) is 15.2 Å². The third-order valence-electron chi connectivity index (χ3n) is 4.56. The van der Waals surface area contributed by atoms with Crippen molar-refractivity contribution in [2.75, 3.05) is 26.4 Å². The van der Waals surface area contributed by atoms with Crippen molar-refractivity contribution < 1.29 is 29.3 Å². The number of nitrogens with zero attached hydrogens (tertiary/aromatic N) is 2. The van der Waals surface area contributed by atoms with Gasteiger partial charge >= 0.3 is 11.9 Å². The molecule has 140 valence electrons. The fraction of sp³-hybridized carbons (Fsp3) is 0.471. The SMILES string of the molecule is O=C(O)/C=C/C(=O)O.c1nc(CN[C@H]2CN3CC[C@H]2C3)cc2c1OCO2. The average molecular weight is 363 g/mol. The van der Waals surface area contributed by atoms with Gasteiger partial charge in [0, 0.05) is 43.9 Å². The van der Waals surface area contributed by atoms with Crippen LogP contribution < -0.4 is 14.8 Å². The number of carboxylic acid groups (broad SMARTS) is 2. The predicted molar refractivity (Wildman–Crippen MR) is 89.9 cm³/mol. The molecule has 9 heteroatoms. The van der Waals surface area contributed by atoms with Crippen LogP contribution in [0.3, 0.4) is 0 Å². The molecular weight excluding hydrogens is 342 g/mol. The number of pyridine rings is 1. The Labute approximate surface area is 150 Å². The first-order valence-corrected chi connectivity index (χ1v) is 8.35. The molecule has 0 aliphatic carbocycles. The number of hydrogen-bond donors (Lipinski definition) is 3. The molecule has 1 unspecified atom stereocenters. The second kappa shape index (κ2) is 8.15. The van der Waals surface area contributed by atoms with Crippen molar-refractivity contribution in [1.29, 1.82) is 0 Å². The molecule has 0 spiro atoms. The summed E-state index contributed by atoms with van der Waals surface area (Å²) in [5.41, 5.74) is 1.03. The van der Waals surface area contributed by atoms with E-state index < -0.39 is 11.9 Å². The number of carboxylic acids is 2. The molecule has 2 fully saturated rings. The van der Waals surface area contributed by atoms with Gasteiger partial charge in [0.25, 0.3) is 0 Å². The van der Waals surface area contributed by atoms with Crippen molar-refractivity contribution >= 4 is 11.9 Å². The van der Waals surface area contributed by atoms with Crippen LogP contribution in [0, 0.1) is 5.92 Å². The van der Waals surface area contributed by atoms with Gasteiger partial charge in [-0.1, -0.05) is 0 Å². The monoisotopic (exact) mass is 363 g/mol. The minimum Gasteiger partial charge on any atom is -0.478 e. The molecule has 9 nitrogen and oxygen atoms in total. The fourth-order valence-electron chi connectivity index (χ4n) is 3.33. The zero-order valence-corrected chi connectivity index (χ0v) is 14.1. The molecule has 3 atom stereocenters. The molecular formula is C17H21N3O6. The molecule has 4 rings (SSSR count). The largest absolute Gasteiger partial charge is 0.478 e. The Balaban J connectivity index is 0.000000211. The predicted octanol–water partition coefficient (Wildman–Crippen LogP) is 0.316. The molecule has 0 radical (unpaired) electrons. The van der Waals surface area contributed by atoms with Gasteiger partial charge in [-0.2, -0.15) is 0 Å². The van der Waals surface area contributed by atoms with E-state index in [-0.39, 0.29) is 0 Å². The normalized spacial score (nSPS) is 25.2. The third kappa shape index (κ3) is 4.70. The molecule has 3 N–H and O–H groups in total. The van der Waals surface area contributed by atoms with Crippen molar-refractivity contribution in [3.8, 4) is 11.5 Å². The highest BCUT2D eigenvalue weighted by molar-refractivity contribution is 5.89. The quantitative estimate of drug-likeness (QED) is 0.635. The lowest BCUT2D eigenvalue weighted by molar-refractivity contribution is -0.134. The van der Waals surface area contributed by atoms with Crippen molar-refractivity contribution in [3.63, 3.8) is 0 Å². The fourth-order valence-corrected chi connectivity index (χ4v) is 3.33. The number of nitrogens with one attached hydrogen (secondary N) is 1. The maximum atomic E-state index is 9.55. The smallest absolute Gasteiger partial charge is 0.328 e. The Morgan fingerprint density at radius 2 is 1.96 bits per heavy atom. The molecule has 2 saturated heterocycles. The molecule has 0 amide bonds. The number of aliphatic carboxylic acids is 2. The van der Waals surface area contributed by atoms with Gasteiger partial charge in [0.15, 0.2) is 11.5 Å². The lowest BCUT2D eigenvalue weighted by atomic mass is 10.00. The molecule has 1 aromatic heterocycles. The summed E-state index contributed by atoms with van der Waals surface area (Å²) in [5.74, 6) is -0.109. The summed E-state index contributed by atoms with van der Waals surface area (Å²) in [6, 6.07) is 2.61. The Morgan fingerprint density at radius 3 is 2.58 bits per heavy atom. The number of carbonyl (C=O) groups is 2. The number of fused-ring (bicyclic) bond motifs is 3. The Morgan fingerprint density at radius 1 is 1.23 bits per heavy atom. The summed E-state index contributed by atoms with van der Waals surface area (Å²) < 4.78 is 10.6. The number of aromatic nitrogens is 1. The van der Waals surface area contributed by atoms with E-state index in [1.807, 2.05) is 6.07 Å². The molecule has 2 bridgehead atoms. The second-order valence-corrected chi connectivity index (χ2v) is 6.33. The van der Waals surface area contributed by atoms with Gasteiger partial charge < -0.3 is 29.9 Å². The average Bonchev–Trinajstić information content (AvgIpc) is 3.34. The van der Waals surface area contributed by atoms with Crippen LogP contribution in [0.5, 0.6) is 11.5 Å². The van der Waals surface area contributed by atoms with E-state index in [4.69, 9.17) is 19.7 Å². The lowest BCUT2D eigenvalue weighted by Crippen LogP contribution is -2.39. The van der Waals surface area contributed by atoms with E-state index in [0.717, 1.165) is 29.7 Å². The van der Waals surface area contributed by atoms with Crippen LogP contribution in [0.25, 0.3) is 0 Å². The number of ether oxygens (including phenoxy) is 2. The van der Waals surface area contributed by atoms with Gasteiger partial charge in [-0.05, 0) is 18.9 Å². The van der Waals surface area contributed by atoms with Crippen LogP contribution in [0.4, 0.5) is 0 Å². The van der Waals surface area contributed by atoms with Crippen LogP contribution in [-0.2, 0) is 16.1 Å². The summed E-state index contributed by atoms with van der Waals surface area (Å²) in [6.45, 7) is 4.87. The summed E-state index contributed by atoms with van der Waals surface area (Å²) in [7, 11) is 0. The topological polar surface area (TPSA) is 121 Å². The highest BCUT2D eigenvalue weighted by atomic mass is 16.7. The zero-order chi connectivity index (χ0) is 18.5. The number of piperidine rings is 1. The maximum Gasteiger partial charge on any atom is 0.328 e. The van der Waals surface area contributed by atoms with Crippen molar-refractivity contribution in [2.24, 2.45) is 5.92 Å². The zero-order valence-electron chi connectivity index (χ0n) is 14.1. The lowest BCUT2D eigenvalue weighted by Gasteiger charge is -2.23.